The van der Waals surface area contributed by atoms with E-state index in [2.05, 4.69) is 20.8 Å². The van der Waals surface area contributed by atoms with Gasteiger partial charge in [-0.3, -0.25) is 0 Å². The topological polar surface area (TPSA) is 49.4 Å². The van der Waals surface area contributed by atoms with Crippen LogP contribution in [0.1, 0.15) is 20.8 Å². The number of hydrogen-bond donors (Lipinski definition) is 0. The quantitative estimate of drug-likeness (QED) is 0.513. The average Bonchev–Trinajstić information content (AvgIpc) is 1.81. The van der Waals surface area contributed by atoms with E-state index in [1.807, 2.05) is 13.1 Å². The van der Waals surface area contributed by atoms with Crippen LogP contribution in [0.4, 0.5) is 0 Å². The smallest absolute Gasteiger partial charge is 0.548 e. The van der Waals surface area contributed by atoms with Crippen LogP contribution in [0.25, 0.3) is 0 Å². The van der Waals surface area contributed by atoms with Gasteiger partial charge in [0.1, 0.15) is 0 Å². The van der Waals surface area contributed by atoms with Gasteiger partial charge in [-0.2, -0.15) is 0 Å². The van der Waals surface area contributed by atoms with Gasteiger partial charge in [0.15, 0.2) is 8.32 Å². The normalized spacial score (nSPS) is 12.1. The first kappa shape index (κ1) is 16.7. The van der Waals surface area contributed by atoms with E-state index >= 15 is 0 Å². The van der Waals surface area contributed by atoms with Crippen molar-refractivity contribution in [2.75, 3.05) is 6.61 Å². The maximum Gasteiger partial charge on any atom is 1.00 e. The third kappa shape index (κ3) is 6.38. The molecule has 0 spiro atoms. The molecule has 0 aromatic carbocycles. The molecule has 13 heavy (non-hydrogen) atoms. The van der Waals surface area contributed by atoms with Crippen molar-refractivity contribution >= 4 is 14.3 Å². The molecule has 0 aliphatic rings. The number of carboxylic acid groups (broad SMARTS) is 1. The van der Waals surface area contributed by atoms with E-state index in [-0.39, 0.29) is 63.0 Å². The molecule has 0 fully saturated rings. The number of rotatable bonds is 3. The van der Waals surface area contributed by atoms with Gasteiger partial charge >= 0.3 is 51.4 Å². The Balaban J connectivity index is 0. The molecule has 0 saturated carbocycles. The zero-order valence-corrected chi connectivity index (χ0v) is 13.6. The van der Waals surface area contributed by atoms with Crippen molar-refractivity contribution in [3.05, 3.63) is 0 Å². The molecule has 0 rings (SSSR count). The van der Waals surface area contributed by atoms with Crippen LogP contribution in [0, 0.1) is 0 Å². The second-order valence-corrected chi connectivity index (χ2v) is 9.23. The van der Waals surface area contributed by atoms with Gasteiger partial charge in [0, 0.05) is 0 Å². The first-order valence-electron chi connectivity index (χ1n) is 4.00. The Morgan fingerprint density at radius 2 is 1.77 bits per heavy atom. The molecule has 5 heteroatoms. The predicted molar refractivity (Wildman–Crippen MR) is 48.2 cm³/mol. The van der Waals surface area contributed by atoms with Crippen molar-refractivity contribution in [1.29, 1.82) is 0 Å². The zero-order valence-electron chi connectivity index (χ0n) is 9.43. The minimum Gasteiger partial charge on any atom is -0.548 e. The Labute approximate surface area is 124 Å². The van der Waals surface area contributed by atoms with Crippen LogP contribution in [-0.4, -0.2) is 20.9 Å². The first-order chi connectivity index (χ1) is 5.17. The van der Waals surface area contributed by atoms with E-state index in [1.165, 1.54) is 0 Å². The van der Waals surface area contributed by atoms with Crippen LogP contribution in [0.15, 0.2) is 0 Å². The summed E-state index contributed by atoms with van der Waals surface area (Å²) in [6.07, 6.45) is 0. The Morgan fingerprint density at radius 3 is 2.00 bits per heavy atom. The summed E-state index contributed by atoms with van der Waals surface area (Å²) in [7, 11) is -1.89. The van der Waals surface area contributed by atoms with E-state index in [4.69, 9.17) is 4.43 Å². The van der Waals surface area contributed by atoms with Crippen molar-refractivity contribution in [2.24, 2.45) is 0 Å². The summed E-state index contributed by atoms with van der Waals surface area (Å²) >= 11 is 0. The Hall–Kier alpha value is 1.28. The molecule has 0 radical (unpaired) electrons. The Kier molecular flexibility index (Phi) is 7.70. The summed E-state index contributed by atoms with van der Waals surface area (Å²) in [6, 6.07) is 0. The van der Waals surface area contributed by atoms with Crippen LogP contribution >= 0.6 is 0 Å². The summed E-state index contributed by atoms with van der Waals surface area (Å²) < 4.78 is 5.33. The summed E-state index contributed by atoms with van der Waals surface area (Å²) in [6.45, 7) is 9.93. The van der Waals surface area contributed by atoms with Crippen molar-refractivity contribution < 1.29 is 65.7 Å². The summed E-state index contributed by atoms with van der Waals surface area (Å²) in [4.78, 5) is 10.2. The molecule has 0 amide bonds. The van der Waals surface area contributed by atoms with E-state index in [9.17, 15) is 9.90 Å². The van der Waals surface area contributed by atoms with Crippen LogP contribution in [0.3, 0.4) is 0 Å². The molecule has 3 nitrogen and oxygen atoms in total. The molecule has 0 aromatic rings. The fraction of sp³-hybridized carbons (Fsp3) is 0.875. The largest absolute Gasteiger partial charge is 1.00 e. The molecule has 0 aliphatic carbocycles. The van der Waals surface area contributed by atoms with Crippen molar-refractivity contribution in [2.45, 2.75) is 38.9 Å². The fourth-order valence-electron chi connectivity index (χ4n) is 0.456. The fourth-order valence-corrected chi connectivity index (χ4v) is 1.37. The Morgan fingerprint density at radius 1 is 1.38 bits per heavy atom. The molecule has 0 N–H and O–H groups in total. The second kappa shape index (κ2) is 6.00. The predicted octanol–water partition coefficient (Wildman–Crippen LogP) is -2.24. The van der Waals surface area contributed by atoms with Crippen molar-refractivity contribution in [3.8, 4) is 0 Å². The molecule has 0 unspecified atom stereocenters. The molecule has 0 saturated heterocycles. The molecule has 0 heterocycles. The van der Waals surface area contributed by atoms with E-state index in [0.717, 1.165) is 0 Å². The third-order valence-electron chi connectivity index (χ3n) is 2.36. The number of carbonyl (C=O) groups is 1. The van der Waals surface area contributed by atoms with Crippen molar-refractivity contribution in [3.63, 3.8) is 0 Å². The monoisotopic (exact) mass is 228 g/mol. The Bertz CT molecular complexity index is 175. The standard InChI is InChI=1S/C8H18O3Si.K/c1-8(2,3)12(4,5)11-6-7(9)10;/h6H2,1-5H3,(H,9,10);/q;+1/p-1. The van der Waals surface area contributed by atoms with Crippen LogP contribution < -0.4 is 56.5 Å². The molecular weight excluding hydrogens is 211 g/mol. The van der Waals surface area contributed by atoms with Gasteiger partial charge in [-0.1, -0.05) is 20.8 Å². The molecule has 0 aromatic heterocycles. The molecular formula is C8H17KO3Si. The number of carboxylic acids is 1. The van der Waals surface area contributed by atoms with Gasteiger partial charge in [0.05, 0.1) is 12.6 Å². The molecule has 72 valence electrons. The van der Waals surface area contributed by atoms with E-state index in [0.29, 0.717) is 0 Å². The minimum atomic E-state index is -1.89. The molecule has 0 aliphatic heterocycles. The van der Waals surface area contributed by atoms with Gasteiger partial charge in [0.2, 0.25) is 0 Å². The maximum atomic E-state index is 10.2. The van der Waals surface area contributed by atoms with Gasteiger partial charge in [-0.25, -0.2) is 0 Å². The van der Waals surface area contributed by atoms with Gasteiger partial charge < -0.3 is 14.3 Å². The SMILES string of the molecule is CC(C)(C)[Si](C)(C)OCC(=O)[O-].[K+]. The van der Waals surface area contributed by atoms with E-state index < -0.39 is 14.3 Å². The molecule has 0 bridgehead atoms. The third-order valence-corrected chi connectivity index (χ3v) is 6.84. The average molecular weight is 228 g/mol. The summed E-state index contributed by atoms with van der Waals surface area (Å²) in [5, 5.41) is 10.2. The first-order valence-corrected chi connectivity index (χ1v) is 6.91. The van der Waals surface area contributed by atoms with Crippen LogP contribution in [0.2, 0.25) is 18.1 Å². The summed E-state index contributed by atoms with van der Waals surface area (Å²) in [5.41, 5.74) is 0. The van der Waals surface area contributed by atoms with Crippen molar-refractivity contribution in [1.82, 2.24) is 0 Å². The molecule has 0 atom stereocenters. The summed E-state index contributed by atoms with van der Waals surface area (Å²) in [5.74, 6) is -1.14. The zero-order chi connectivity index (χ0) is 9.99. The van der Waals surface area contributed by atoms with Gasteiger partial charge in [-0.05, 0) is 18.1 Å². The maximum absolute atomic E-state index is 10.2. The van der Waals surface area contributed by atoms with Gasteiger partial charge in [0.25, 0.3) is 0 Å². The number of carbonyl (C=O) groups excluding carboxylic acids is 1. The van der Waals surface area contributed by atoms with E-state index in [1.54, 1.807) is 0 Å². The van der Waals surface area contributed by atoms with Gasteiger partial charge in [-0.15, -0.1) is 0 Å². The minimum absolute atomic E-state index is 0. The van der Waals surface area contributed by atoms with Crippen LogP contribution in [0.5, 0.6) is 0 Å². The number of aliphatic carboxylic acids is 1. The number of hydrogen-bond acceptors (Lipinski definition) is 3. The second-order valence-electron chi connectivity index (χ2n) is 4.42. The van der Waals surface area contributed by atoms with Crippen LogP contribution in [-0.2, 0) is 9.22 Å².